The number of benzene rings is 1. The summed E-state index contributed by atoms with van der Waals surface area (Å²) in [6.45, 7) is 9.10. The van der Waals surface area contributed by atoms with Crippen LogP contribution in [-0.2, 0) is 5.41 Å². The quantitative estimate of drug-likeness (QED) is 0.364. The van der Waals surface area contributed by atoms with Crippen LogP contribution in [0.5, 0.6) is 5.88 Å². The van der Waals surface area contributed by atoms with Crippen LogP contribution in [0.3, 0.4) is 0 Å². The van der Waals surface area contributed by atoms with Gasteiger partial charge in [0, 0.05) is 22.7 Å². The molecule has 162 valence electrons. The van der Waals surface area contributed by atoms with Crippen molar-refractivity contribution in [2.75, 3.05) is 11.3 Å². The smallest absolute Gasteiger partial charge is 0.213 e. The number of ether oxygens (including phenoxy) is 1. The summed E-state index contributed by atoms with van der Waals surface area (Å²) >= 11 is 1.51. The van der Waals surface area contributed by atoms with Crippen LogP contribution in [0.15, 0.2) is 65.7 Å². The summed E-state index contributed by atoms with van der Waals surface area (Å²) in [5, 5.41) is 14.3. The molecule has 0 atom stereocenters. The number of anilines is 1. The number of hydrogen-bond donors (Lipinski definition) is 1. The van der Waals surface area contributed by atoms with Gasteiger partial charge >= 0.3 is 0 Å². The summed E-state index contributed by atoms with van der Waals surface area (Å²) in [5.74, 6) is 1.36. The molecule has 6 nitrogen and oxygen atoms in total. The fourth-order valence-corrected chi connectivity index (χ4v) is 3.94. The van der Waals surface area contributed by atoms with Crippen molar-refractivity contribution in [2.24, 2.45) is 0 Å². The van der Waals surface area contributed by atoms with E-state index in [9.17, 15) is 5.26 Å². The van der Waals surface area contributed by atoms with Gasteiger partial charge in [0.15, 0.2) is 0 Å². The second kappa shape index (κ2) is 8.93. The van der Waals surface area contributed by atoms with Crippen LogP contribution in [0, 0.1) is 11.3 Å². The minimum Gasteiger partial charge on any atom is -0.478 e. The lowest BCUT2D eigenvalue weighted by atomic mass is 9.87. The molecular weight excluding hydrogens is 418 g/mol. The Morgan fingerprint density at radius 3 is 2.50 bits per heavy atom. The first-order valence-corrected chi connectivity index (χ1v) is 11.3. The highest BCUT2D eigenvalue weighted by molar-refractivity contribution is 8.00. The zero-order valence-corrected chi connectivity index (χ0v) is 19.4. The van der Waals surface area contributed by atoms with E-state index in [0.717, 1.165) is 27.5 Å². The summed E-state index contributed by atoms with van der Waals surface area (Å²) in [6.07, 6.45) is 1.73. The van der Waals surface area contributed by atoms with E-state index in [4.69, 9.17) is 9.84 Å². The van der Waals surface area contributed by atoms with Gasteiger partial charge in [-0.25, -0.2) is 9.50 Å². The Kier molecular flexibility index (Phi) is 6.06. The van der Waals surface area contributed by atoms with Crippen molar-refractivity contribution in [3.05, 3.63) is 71.9 Å². The van der Waals surface area contributed by atoms with Crippen molar-refractivity contribution in [1.82, 2.24) is 14.6 Å². The van der Waals surface area contributed by atoms with E-state index in [0.29, 0.717) is 18.1 Å². The minimum absolute atomic E-state index is 0.122. The zero-order chi connectivity index (χ0) is 22.7. The van der Waals surface area contributed by atoms with Gasteiger partial charge in [-0.1, -0.05) is 32.9 Å². The Morgan fingerprint density at radius 2 is 1.88 bits per heavy atom. The summed E-state index contributed by atoms with van der Waals surface area (Å²) in [5.41, 5.74) is 4.32. The topological polar surface area (TPSA) is 75.2 Å². The highest BCUT2D eigenvalue weighted by Gasteiger charge is 2.14. The van der Waals surface area contributed by atoms with E-state index in [1.807, 2.05) is 37.3 Å². The first kappa shape index (κ1) is 21.7. The van der Waals surface area contributed by atoms with Crippen LogP contribution in [0.25, 0.3) is 16.8 Å². The monoisotopic (exact) mass is 443 g/mol. The first-order valence-electron chi connectivity index (χ1n) is 10.4. The number of nitriles is 1. The summed E-state index contributed by atoms with van der Waals surface area (Å²) in [4.78, 5) is 5.42. The maximum atomic E-state index is 9.56. The largest absolute Gasteiger partial charge is 0.478 e. The molecular formula is C25H25N5OS. The van der Waals surface area contributed by atoms with Gasteiger partial charge in [-0.2, -0.15) is 10.4 Å². The molecule has 1 N–H and O–H groups in total. The molecule has 3 heterocycles. The maximum Gasteiger partial charge on any atom is 0.213 e. The van der Waals surface area contributed by atoms with Crippen LogP contribution in [0.1, 0.15) is 38.8 Å². The molecule has 0 amide bonds. The molecule has 0 aliphatic heterocycles. The lowest BCUT2D eigenvalue weighted by molar-refractivity contribution is 0.327. The molecule has 1 aromatic carbocycles. The fourth-order valence-electron chi connectivity index (χ4n) is 3.29. The fraction of sp³-hybridized carbons (Fsp3) is 0.240. The molecule has 0 bridgehead atoms. The molecule has 0 fully saturated rings. The van der Waals surface area contributed by atoms with Crippen LogP contribution >= 0.6 is 11.9 Å². The van der Waals surface area contributed by atoms with Gasteiger partial charge in [0.1, 0.15) is 11.9 Å². The molecule has 4 rings (SSSR count). The van der Waals surface area contributed by atoms with E-state index in [1.54, 1.807) is 10.7 Å². The molecule has 32 heavy (non-hydrogen) atoms. The minimum atomic E-state index is 0.122. The molecule has 0 aliphatic rings. The lowest BCUT2D eigenvalue weighted by Crippen LogP contribution is -2.10. The van der Waals surface area contributed by atoms with Gasteiger partial charge in [0.2, 0.25) is 5.88 Å². The highest BCUT2D eigenvalue weighted by Crippen LogP contribution is 2.29. The van der Waals surface area contributed by atoms with Crippen molar-refractivity contribution in [2.45, 2.75) is 38.0 Å². The van der Waals surface area contributed by atoms with Crippen molar-refractivity contribution < 1.29 is 4.74 Å². The highest BCUT2D eigenvalue weighted by atomic mass is 32.2. The average Bonchev–Trinajstić information content (AvgIpc) is 3.24. The maximum absolute atomic E-state index is 9.56. The van der Waals surface area contributed by atoms with Crippen LogP contribution in [0.2, 0.25) is 0 Å². The Bertz CT molecular complexity index is 1270. The van der Waals surface area contributed by atoms with Crippen molar-refractivity contribution >= 4 is 23.3 Å². The number of rotatable bonds is 6. The Hall–Kier alpha value is -3.50. The van der Waals surface area contributed by atoms with Crippen LogP contribution in [-0.4, -0.2) is 21.2 Å². The SMILES string of the molecule is CCOc1ccc(-c2cc3c(C#N)ccc(NSc4ccc(C(C)(C)C)cc4)n3n2)cn1. The number of pyridine rings is 2. The summed E-state index contributed by atoms with van der Waals surface area (Å²) in [6, 6.07) is 20.1. The van der Waals surface area contributed by atoms with Crippen LogP contribution < -0.4 is 9.46 Å². The molecule has 3 aromatic heterocycles. The summed E-state index contributed by atoms with van der Waals surface area (Å²) < 4.78 is 10.6. The standard InChI is InChI=1S/C25H25N5OS/c1-5-31-24-13-7-18(16-27-24)21-14-22-17(15-26)6-12-23(30(22)28-21)29-32-20-10-8-19(9-11-20)25(2,3)4/h6-14,16,29H,5H2,1-4H3. The van der Waals surface area contributed by atoms with Gasteiger partial charge in [0.25, 0.3) is 0 Å². The number of fused-ring (bicyclic) bond motifs is 1. The van der Waals surface area contributed by atoms with E-state index >= 15 is 0 Å². The second-order valence-electron chi connectivity index (χ2n) is 8.37. The number of aromatic nitrogens is 3. The van der Waals surface area contributed by atoms with E-state index < -0.39 is 0 Å². The third-order valence-corrected chi connectivity index (χ3v) is 5.88. The molecule has 0 saturated carbocycles. The normalized spacial score (nSPS) is 11.3. The van der Waals surface area contributed by atoms with Gasteiger partial charge < -0.3 is 9.46 Å². The van der Waals surface area contributed by atoms with Gasteiger partial charge in [-0.15, -0.1) is 0 Å². The van der Waals surface area contributed by atoms with Crippen molar-refractivity contribution in [3.8, 4) is 23.2 Å². The lowest BCUT2D eigenvalue weighted by Gasteiger charge is -2.19. The Morgan fingerprint density at radius 1 is 1.09 bits per heavy atom. The molecule has 4 aromatic rings. The van der Waals surface area contributed by atoms with Crippen molar-refractivity contribution in [3.63, 3.8) is 0 Å². The molecule has 0 radical (unpaired) electrons. The third-order valence-electron chi connectivity index (χ3n) is 5.06. The first-order chi connectivity index (χ1) is 15.4. The molecule has 0 spiro atoms. The predicted octanol–water partition coefficient (Wildman–Crippen LogP) is 6.08. The van der Waals surface area contributed by atoms with E-state index in [1.165, 1.54) is 17.5 Å². The zero-order valence-electron chi connectivity index (χ0n) is 18.6. The van der Waals surface area contributed by atoms with E-state index in [-0.39, 0.29) is 5.41 Å². The average molecular weight is 444 g/mol. The Labute approximate surface area is 192 Å². The molecule has 0 aliphatic carbocycles. The predicted molar refractivity (Wildman–Crippen MR) is 129 cm³/mol. The molecule has 0 unspecified atom stereocenters. The van der Waals surface area contributed by atoms with Crippen LogP contribution in [0.4, 0.5) is 5.82 Å². The number of nitrogens with one attached hydrogen (secondary N) is 1. The van der Waals surface area contributed by atoms with E-state index in [2.05, 4.69) is 60.8 Å². The molecule has 0 saturated heterocycles. The number of hydrogen-bond acceptors (Lipinski definition) is 6. The van der Waals surface area contributed by atoms with Gasteiger partial charge in [-0.05, 0) is 66.2 Å². The molecule has 7 heteroatoms. The van der Waals surface area contributed by atoms with Crippen molar-refractivity contribution in [1.29, 1.82) is 5.26 Å². The second-order valence-corrected chi connectivity index (χ2v) is 9.25. The Balaban J connectivity index is 1.61. The third kappa shape index (κ3) is 4.56. The van der Waals surface area contributed by atoms with Gasteiger partial charge in [-0.3, -0.25) is 0 Å². The summed E-state index contributed by atoms with van der Waals surface area (Å²) in [7, 11) is 0. The number of nitrogens with zero attached hydrogens (tertiary/aromatic N) is 4. The van der Waals surface area contributed by atoms with Gasteiger partial charge in [0.05, 0.1) is 23.4 Å².